The van der Waals surface area contributed by atoms with Gasteiger partial charge in [-0.15, -0.1) is 4.36 Å². The number of hydrogen-bond donors (Lipinski definition) is 3. The van der Waals surface area contributed by atoms with Crippen LogP contribution in [0.3, 0.4) is 0 Å². The Bertz CT molecular complexity index is 1760. The van der Waals surface area contributed by atoms with Crippen LogP contribution in [0.1, 0.15) is 66.9 Å². The average molecular weight is 711 g/mol. The van der Waals surface area contributed by atoms with Gasteiger partial charge >= 0.3 is 6.03 Å². The van der Waals surface area contributed by atoms with Crippen molar-refractivity contribution < 1.29 is 28.4 Å². The number of fused-ring (bicyclic) bond motifs is 4. The van der Waals surface area contributed by atoms with E-state index in [2.05, 4.69) is 43.6 Å². The van der Waals surface area contributed by atoms with Crippen LogP contribution < -0.4 is 19.7 Å². The first kappa shape index (κ1) is 34.3. The SMILES string of the molecule is CO[C@H]1/C=C\C[C@H](C)CS(=O)(NC(=O)N[C@H]2C[C@@H]2CO)=NC(=O)c2ccc3c(c2)N(C[C@@H]2CC[C@H]21)C[C@@]1(CCCc2cc(Cl)ccc21)CO3. The summed E-state index contributed by atoms with van der Waals surface area (Å²) in [6, 6.07) is 10.7. The number of amides is 3. The number of aliphatic hydroxyl groups is 1. The number of anilines is 1. The summed E-state index contributed by atoms with van der Waals surface area (Å²) in [7, 11) is -1.75. The highest BCUT2D eigenvalue weighted by molar-refractivity contribution is 7.92. The third-order valence-corrected chi connectivity index (χ3v) is 13.5. The molecule has 12 heteroatoms. The van der Waals surface area contributed by atoms with Crippen molar-refractivity contribution in [3.63, 3.8) is 0 Å². The highest BCUT2D eigenvalue weighted by atomic mass is 35.5. The first-order chi connectivity index (χ1) is 23.6. The molecule has 0 aromatic heterocycles. The van der Waals surface area contributed by atoms with Gasteiger partial charge in [0, 0.05) is 54.8 Å². The van der Waals surface area contributed by atoms with Gasteiger partial charge in [-0.2, -0.15) is 0 Å². The minimum Gasteiger partial charge on any atom is -0.490 e. The second-order valence-corrected chi connectivity index (χ2v) is 17.3. The molecular formula is C37H47ClN4O6S. The standard InChI is InChI=1S/C37H47ClN4O6S/c1-23-5-3-7-33(47-2)29-11-8-26(29)18-42-21-37(14-4-6-24-15-28(38)10-12-30(24)37)22-48-34-13-9-25(17-32(34)42)35(44)40-49(46,20-23)41-36(45)39-31-16-27(31)19-43/h3,7,9-10,12-13,15,17,23,26-27,29,31,33,43H,4-6,8,11,14,16,18-22H2,1-2H3,(H2,39,40,41,44,45,46)/b7-3-/t23-,26-,27+,29+,31-,33-,37-,49?/m0/s1. The fourth-order valence-electron chi connectivity index (χ4n) is 8.34. The first-order valence-corrected chi connectivity index (χ1v) is 19.6. The topological polar surface area (TPSA) is 130 Å². The molecule has 3 amide bonds. The number of nitrogens with zero attached hydrogens (tertiary/aromatic N) is 2. The molecule has 1 spiro atoms. The van der Waals surface area contributed by atoms with Crippen molar-refractivity contribution in [2.45, 2.75) is 69.4 Å². The summed E-state index contributed by atoms with van der Waals surface area (Å²) in [6.45, 7) is 3.90. The van der Waals surface area contributed by atoms with Gasteiger partial charge in [0.2, 0.25) is 0 Å². The number of aliphatic hydroxyl groups excluding tert-OH is 1. The molecule has 5 aliphatic rings. The zero-order valence-corrected chi connectivity index (χ0v) is 29.8. The molecule has 1 unspecified atom stereocenters. The van der Waals surface area contributed by atoms with Crippen molar-refractivity contribution in [1.29, 1.82) is 0 Å². The zero-order valence-electron chi connectivity index (χ0n) is 28.2. The van der Waals surface area contributed by atoms with Crippen LogP contribution in [0.5, 0.6) is 5.75 Å². The van der Waals surface area contributed by atoms with Gasteiger partial charge in [-0.05, 0) is 104 Å². The van der Waals surface area contributed by atoms with E-state index in [-0.39, 0.29) is 47.3 Å². The number of carbonyl (C=O) groups is 2. The summed E-state index contributed by atoms with van der Waals surface area (Å²) in [5.74, 6) is 0.610. The number of halogens is 1. The molecule has 10 nitrogen and oxygen atoms in total. The van der Waals surface area contributed by atoms with Gasteiger partial charge in [-0.1, -0.05) is 36.7 Å². The van der Waals surface area contributed by atoms with Crippen molar-refractivity contribution in [1.82, 2.24) is 10.0 Å². The molecule has 0 saturated heterocycles. The molecule has 3 aliphatic carbocycles. The molecule has 2 aliphatic heterocycles. The van der Waals surface area contributed by atoms with E-state index in [1.54, 1.807) is 13.2 Å². The molecule has 0 radical (unpaired) electrons. The van der Waals surface area contributed by atoms with Crippen LogP contribution in [0.2, 0.25) is 5.02 Å². The number of hydrogen-bond acceptors (Lipinski definition) is 7. The highest BCUT2D eigenvalue weighted by Crippen LogP contribution is 2.47. The predicted octanol–water partition coefficient (Wildman–Crippen LogP) is 5.65. The van der Waals surface area contributed by atoms with Gasteiger partial charge in [-0.25, -0.2) is 9.00 Å². The van der Waals surface area contributed by atoms with Gasteiger partial charge in [0.25, 0.3) is 5.91 Å². The normalized spacial score (nSPS) is 34.6. The Morgan fingerprint density at radius 3 is 2.86 bits per heavy atom. The molecule has 264 valence electrons. The van der Waals surface area contributed by atoms with Gasteiger partial charge in [0.15, 0.2) is 0 Å². The lowest BCUT2D eigenvalue weighted by Gasteiger charge is -2.46. The fourth-order valence-corrected chi connectivity index (χ4v) is 10.4. The van der Waals surface area contributed by atoms with Crippen LogP contribution in [0.4, 0.5) is 10.5 Å². The number of aryl methyl sites for hydroxylation is 1. The molecule has 8 atom stereocenters. The van der Waals surface area contributed by atoms with Crippen molar-refractivity contribution in [2.24, 2.45) is 28.0 Å². The maximum atomic E-state index is 14.3. The monoisotopic (exact) mass is 710 g/mol. The summed E-state index contributed by atoms with van der Waals surface area (Å²) in [6.07, 6.45) is 10.5. The molecule has 3 N–H and O–H groups in total. The fraction of sp³-hybridized carbons (Fsp3) is 0.568. The number of ether oxygens (including phenoxy) is 2. The molecule has 2 aromatic rings. The lowest BCUT2D eigenvalue weighted by Crippen LogP contribution is -2.49. The summed E-state index contributed by atoms with van der Waals surface area (Å²) >= 11 is 6.44. The quantitative estimate of drug-likeness (QED) is 0.350. The zero-order chi connectivity index (χ0) is 34.3. The second-order valence-electron chi connectivity index (χ2n) is 14.8. The van der Waals surface area contributed by atoms with Crippen LogP contribution in [0, 0.1) is 23.7 Å². The lowest BCUT2D eigenvalue weighted by molar-refractivity contribution is 0.0131. The number of rotatable bonds is 4. The Balaban J connectivity index is 1.27. The van der Waals surface area contributed by atoms with E-state index in [1.807, 2.05) is 25.1 Å². The summed E-state index contributed by atoms with van der Waals surface area (Å²) in [4.78, 5) is 29.2. The number of urea groups is 1. The molecule has 2 fully saturated rings. The Morgan fingerprint density at radius 1 is 1.24 bits per heavy atom. The molecule has 2 saturated carbocycles. The van der Waals surface area contributed by atoms with Crippen LogP contribution in [0.15, 0.2) is 52.9 Å². The third-order valence-electron chi connectivity index (χ3n) is 11.2. The number of benzene rings is 2. The van der Waals surface area contributed by atoms with Crippen molar-refractivity contribution >= 4 is 39.1 Å². The van der Waals surface area contributed by atoms with E-state index in [0.29, 0.717) is 43.6 Å². The van der Waals surface area contributed by atoms with Crippen LogP contribution in [0.25, 0.3) is 0 Å². The number of carbonyl (C=O) groups excluding carboxylic acids is 2. The smallest absolute Gasteiger partial charge is 0.327 e. The van der Waals surface area contributed by atoms with Crippen LogP contribution in [-0.2, 0) is 26.5 Å². The Hall–Kier alpha value is -3.12. The van der Waals surface area contributed by atoms with Gasteiger partial charge in [-0.3, -0.25) is 9.52 Å². The van der Waals surface area contributed by atoms with E-state index >= 15 is 0 Å². The average Bonchev–Trinajstić information content (AvgIpc) is 3.83. The Labute approximate surface area is 294 Å². The number of allylic oxidation sites excluding steroid dienone is 1. The first-order valence-electron chi connectivity index (χ1n) is 17.6. The third kappa shape index (κ3) is 7.22. The van der Waals surface area contributed by atoms with Crippen molar-refractivity contribution in [3.05, 3.63) is 70.3 Å². The maximum Gasteiger partial charge on any atom is 0.327 e. The van der Waals surface area contributed by atoms with Crippen molar-refractivity contribution in [3.8, 4) is 5.75 Å². The van der Waals surface area contributed by atoms with Crippen LogP contribution in [-0.4, -0.2) is 72.6 Å². The molecular weight excluding hydrogens is 664 g/mol. The predicted molar refractivity (Wildman–Crippen MR) is 191 cm³/mol. The van der Waals surface area contributed by atoms with E-state index in [1.165, 1.54) is 11.1 Å². The minimum atomic E-state index is -3.50. The summed E-state index contributed by atoms with van der Waals surface area (Å²) in [5, 5.41) is 12.9. The molecule has 2 aromatic carbocycles. The molecule has 2 heterocycles. The summed E-state index contributed by atoms with van der Waals surface area (Å²) < 4.78 is 33.7. The molecule has 7 rings (SSSR count). The number of nitrogens with one attached hydrogen (secondary N) is 2. The van der Waals surface area contributed by atoms with Crippen molar-refractivity contribution in [2.75, 3.05) is 44.1 Å². The van der Waals surface area contributed by atoms with Gasteiger partial charge in [0.1, 0.15) is 15.7 Å². The maximum absolute atomic E-state index is 14.3. The molecule has 49 heavy (non-hydrogen) atoms. The van der Waals surface area contributed by atoms with Gasteiger partial charge < -0.3 is 24.8 Å². The Kier molecular flexibility index (Phi) is 9.73. The van der Waals surface area contributed by atoms with E-state index in [9.17, 15) is 18.9 Å². The Morgan fingerprint density at radius 2 is 2.10 bits per heavy atom. The second kappa shape index (κ2) is 13.9. The highest BCUT2D eigenvalue weighted by Gasteiger charge is 2.44. The van der Waals surface area contributed by atoms with E-state index in [0.717, 1.165) is 49.4 Å². The van der Waals surface area contributed by atoms with E-state index in [4.69, 9.17) is 21.1 Å². The van der Waals surface area contributed by atoms with Gasteiger partial charge in [0.05, 0.1) is 24.2 Å². The molecule has 2 bridgehead atoms. The van der Waals surface area contributed by atoms with Crippen LogP contribution >= 0.6 is 11.6 Å². The minimum absolute atomic E-state index is 0.000417. The number of methoxy groups -OCH3 is 1. The summed E-state index contributed by atoms with van der Waals surface area (Å²) in [5.41, 5.74) is 3.38. The largest absolute Gasteiger partial charge is 0.490 e. The van der Waals surface area contributed by atoms with E-state index < -0.39 is 21.9 Å². The lowest BCUT2D eigenvalue weighted by atomic mass is 9.68.